The average molecular weight is 453 g/mol. The molecule has 2 amide bonds. The molecule has 0 unspecified atom stereocenters. The molecule has 0 radical (unpaired) electrons. The van der Waals surface area contributed by atoms with Gasteiger partial charge in [-0.05, 0) is 23.8 Å². The number of ether oxygens (including phenoxy) is 2. The van der Waals surface area contributed by atoms with Gasteiger partial charge in [0.2, 0.25) is 0 Å². The van der Waals surface area contributed by atoms with Crippen LogP contribution in [-0.2, 0) is 11.3 Å². The molecule has 1 aliphatic rings. The number of carbonyl (C=O) groups excluding carboxylic acids is 2. The minimum absolute atomic E-state index is 0.173. The molecule has 1 saturated heterocycles. The minimum atomic E-state index is -0.437. The van der Waals surface area contributed by atoms with Crippen LogP contribution in [0.4, 0.5) is 5.69 Å². The summed E-state index contributed by atoms with van der Waals surface area (Å²) in [5, 5.41) is 10.4. The maximum atomic E-state index is 13.0. The summed E-state index contributed by atoms with van der Waals surface area (Å²) >= 11 is 6.44. The molecule has 2 aromatic carbocycles. The molecule has 0 aliphatic carbocycles. The van der Waals surface area contributed by atoms with Crippen molar-refractivity contribution in [1.82, 2.24) is 15.1 Å². The number of anilines is 1. The number of nitrogens with one attached hydrogen (secondary N) is 1. The Morgan fingerprint density at radius 3 is 2.56 bits per heavy atom. The fourth-order valence-corrected chi connectivity index (χ4v) is 3.49. The highest BCUT2D eigenvalue weighted by Crippen LogP contribution is 2.30. The van der Waals surface area contributed by atoms with E-state index in [1.807, 2.05) is 30.3 Å². The zero-order valence-electron chi connectivity index (χ0n) is 17.2. The predicted molar refractivity (Wildman–Crippen MR) is 119 cm³/mol. The summed E-state index contributed by atoms with van der Waals surface area (Å²) in [7, 11) is 0. The van der Waals surface area contributed by atoms with Gasteiger partial charge in [0.05, 0.1) is 47.4 Å². The number of nitrogens with zero attached hydrogens (tertiary/aromatic N) is 3. The summed E-state index contributed by atoms with van der Waals surface area (Å²) in [6, 6.07) is 14.1. The van der Waals surface area contributed by atoms with Crippen molar-refractivity contribution in [3.8, 4) is 5.75 Å². The van der Waals surface area contributed by atoms with Crippen LogP contribution in [0.15, 0.2) is 60.9 Å². The zero-order chi connectivity index (χ0) is 22.3. The van der Waals surface area contributed by atoms with Crippen LogP contribution >= 0.6 is 11.6 Å². The molecule has 0 bridgehead atoms. The monoisotopic (exact) mass is 452 g/mol. The van der Waals surface area contributed by atoms with Gasteiger partial charge in [-0.15, -0.1) is 0 Å². The largest absolute Gasteiger partial charge is 0.488 e. The van der Waals surface area contributed by atoms with E-state index in [-0.39, 0.29) is 34.4 Å². The van der Waals surface area contributed by atoms with Crippen LogP contribution in [0.2, 0.25) is 5.02 Å². The molecule has 8 nitrogen and oxygen atoms in total. The Balaban J connectivity index is 1.64. The normalized spacial score (nSPS) is 13.5. The lowest BCUT2D eigenvalue weighted by molar-refractivity contribution is 0.0302. The fraction of sp³-hybridized carbons (Fsp3) is 0.217. The van der Waals surface area contributed by atoms with E-state index >= 15 is 0 Å². The Morgan fingerprint density at radius 1 is 1.06 bits per heavy atom. The van der Waals surface area contributed by atoms with E-state index in [0.29, 0.717) is 32.0 Å². The Bertz CT molecular complexity index is 1090. The Hall–Kier alpha value is -3.49. The van der Waals surface area contributed by atoms with Crippen LogP contribution in [0.25, 0.3) is 0 Å². The zero-order valence-corrected chi connectivity index (χ0v) is 17.9. The van der Waals surface area contributed by atoms with Crippen LogP contribution in [0.5, 0.6) is 5.75 Å². The summed E-state index contributed by atoms with van der Waals surface area (Å²) < 4.78 is 11.3. The molecule has 1 fully saturated rings. The number of rotatable bonds is 6. The van der Waals surface area contributed by atoms with Crippen LogP contribution < -0.4 is 10.1 Å². The van der Waals surface area contributed by atoms with Gasteiger partial charge in [0.25, 0.3) is 11.8 Å². The first-order valence-electron chi connectivity index (χ1n) is 10.1. The summed E-state index contributed by atoms with van der Waals surface area (Å²) in [4.78, 5) is 27.7. The molecule has 1 aliphatic heterocycles. The van der Waals surface area contributed by atoms with E-state index in [0.717, 1.165) is 5.56 Å². The fourth-order valence-electron chi connectivity index (χ4n) is 3.25. The molecule has 3 aromatic rings. The molecule has 1 N–H and O–H groups in total. The molecule has 0 saturated carbocycles. The van der Waals surface area contributed by atoms with E-state index < -0.39 is 5.91 Å². The Morgan fingerprint density at radius 2 is 1.84 bits per heavy atom. The number of hydrogen-bond donors (Lipinski definition) is 1. The van der Waals surface area contributed by atoms with Crippen LogP contribution in [0.1, 0.15) is 26.3 Å². The third kappa shape index (κ3) is 5.22. The third-order valence-corrected chi connectivity index (χ3v) is 5.23. The van der Waals surface area contributed by atoms with E-state index in [9.17, 15) is 9.59 Å². The van der Waals surface area contributed by atoms with Gasteiger partial charge in [0, 0.05) is 13.1 Å². The predicted octanol–water partition coefficient (Wildman–Crippen LogP) is 3.43. The molecule has 164 valence electrons. The number of amides is 2. The van der Waals surface area contributed by atoms with Crippen LogP contribution in [-0.4, -0.2) is 53.2 Å². The van der Waals surface area contributed by atoms with Gasteiger partial charge in [-0.3, -0.25) is 9.59 Å². The van der Waals surface area contributed by atoms with E-state index in [1.54, 1.807) is 11.0 Å². The van der Waals surface area contributed by atoms with Crippen LogP contribution in [0, 0.1) is 0 Å². The molecular formula is C23H21ClN4O4. The first kappa shape index (κ1) is 21.7. The maximum absolute atomic E-state index is 13.0. The van der Waals surface area contributed by atoms with Gasteiger partial charge >= 0.3 is 0 Å². The smallest absolute Gasteiger partial charge is 0.259 e. The van der Waals surface area contributed by atoms with E-state index in [1.165, 1.54) is 24.5 Å². The van der Waals surface area contributed by atoms with E-state index in [4.69, 9.17) is 21.1 Å². The lowest BCUT2D eigenvalue weighted by atomic mass is 10.1. The third-order valence-electron chi connectivity index (χ3n) is 4.92. The highest BCUT2D eigenvalue weighted by atomic mass is 35.5. The SMILES string of the molecule is O=C(Nc1ccnnc1)c1cc(Cl)c(C(=O)N2CCOCC2)cc1OCc1ccccc1. The van der Waals surface area contributed by atoms with Crippen molar-refractivity contribution in [1.29, 1.82) is 0 Å². The maximum Gasteiger partial charge on any atom is 0.259 e. The highest BCUT2D eigenvalue weighted by Gasteiger charge is 2.24. The van der Waals surface area contributed by atoms with Crippen molar-refractivity contribution >= 4 is 29.1 Å². The molecule has 32 heavy (non-hydrogen) atoms. The standard InChI is InChI=1S/C23H21ClN4O4/c24-20-12-19(22(29)27-17-6-7-25-26-14-17)21(32-15-16-4-2-1-3-5-16)13-18(20)23(30)28-8-10-31-11-9-28/h1-7,12-14H,8-11,15H2,(H,25,27,29). The first-order chi connectivity index (χ1) is 15.6. The molecule has 0 atom stereocenters. The lowest BCUT2D eigenvalue weighted by Crippen LogP contribution is -2.40. The van der Waals surface area contributed by atoms with Gasteiger partial charge in [0.15, 0.2) is 0 Å². The molecular weight excluding hydrogens is 432 g/mol. The van der Waals surface area contributed by atoms with Gasteiger partial charge in [-0.1, -0.05) is 41.9 Å². The first-order valence-corrected chi connectivity index (χ1v) is 10.4. The van der Waals surface area contributed by atoms with Crippen molar-refractivity contribution < 1.29 is 19.1 Å². The average Bonchev–Trinajstić information content (AvgIpc) is 2.84. The van der Waals surface area contributed by atoms with Crippen molar-refractivity contribution in [2.24, 2.45) is 0 Å². The molecule has 2 heterocycles. The number of carbonyl (C=O) groups is 2. The topological polar surface area (TPSA) is 93.7 Å². The van der Waals surface area contributed by atoms with Gasteiger partial charge in [-0.25, -0.2) is 0 Å². The summed E-state index contributed by atoms with van der Waals surface area (Å²) in [6.45, 7) is 2.13. The second-order valence-corrected chi connectivity index (χ2v) is 7.50. The molecule has 1 aromatic heterocycles. The van der Waals surface area contributed by atoms with Crippen molar-refractivity contribution in [2.75, 3.05) is 31.6 Å². The Kier molecular flexibility index (Phi) is 6.94. The number of aromatic nitrogens is 2. The van der Waals surface area contributed by atoms with Gasteiger partial charge in [0.1, 0.15) is 12.4 Å². The Labute approximate surface area is 190 Å². The highest BCUT2D eigenvalue weighted by molar-refractivity contribution is 6.34. The summed E-state index contributed by atoms with van der Waals surface area (Å²) in [5.41, 5.74) is 1.89. The summed E-state index contributed by atoms with van der Waals surface area (Å²) in [5.74, 6) is -0.407. The van der Waals surface area contributed by atoms with Crippen molar-refractivity contribution in [3.05, 3.63) is 82.6 Å². The molecule has 9 heteroatoms. The lowest BCUT2D eigenvalue weighted by Gasteiger charge is -2.27. The number of morpholine rings is 1. The second kappa shape index (κ2) is 10.2. The quantitative estimate of drug-likeness (QED) is 0.615. The number of benzene rings is 2. The molecule has 4 rings (SSSR count). The van der Waals surface area contributed by atoms with Crippen LogP contribution in [0.3, 0.4) is 0 Å². The van der Waals surface area contributed by atoms with Crippen molar-refractivity contribution in [2.45, 2.75) is 6.61 Å². The molecule has 0 spiro atoms. The minimum Gasteiger partial charge on any atom is -0.488 e. The van der Waals surface area contributed by atoms with Crippen molar-refractivity contribution in [3.63, 3.8) is 0 Å². The number of halogens is 1. The van der Waals surface area contributed by atoms with E-state index in [2.05, 4.69) is 15.5 Å². The number of hydrogen-bond acceptors (Lipinski definition) is 6. The van der Waals surface area contributed by atoms with Gasteiger partial charge in [-0.2, -0.15) is 10.2 Å². The van der Waals surface area contributed by atoms with Gasteiger partial charge < -0.3 is 19.7 Å². The second-order valence-electron chi connectivity index (χ2n) is 7.09. The summed E-state index contributed by atoms with van der Waals surface area (Å²) in [6.07, 6.45) is 2.90.